The molecule has 0 bridgehead atoms. The van der Waals surface area contributed by atoms with Crippen molar-refractivity contribution in [3.05, 3.63) is 58.0 Å². The average molecular weight is 410 g/mol. The van der Waals surface area contributed by atoms with E-state index >= 15 is 0 Å². The van der Waals surface area contributed by atoms with Crippen molar-refractivity contribution in [2.45, 2.75) is 51.0 Å². The molecule has 0 saturated carbocycles. The Labute approximate surface area is 177 Å². The van der Waals surface area contributed by atoms with Crippen LogP contribution in [0.5, 0.6) is 0 Å². The van der Waals surface area contributed by atoms with E-state index in [-0.39, 0.29) is 17.4 Å². The van der Waals surface area contributed by atoms with Crippen LogP contribution < -0.4 is 5.56 Å². The van der Waals surface area contributed by atoms with Crippen molar-refractivity contribution in [3.8, 4) is 0 Å². The van der Waals surface area contributed by atoms with Gasteiger partial charge in [0.2, 0.25) is 5.91 Å². The van der Waals surface area contributed by atoms with E-state index in [0.29, 0.717) is 13.1 Å². The van der Waals surface area contributed by atoms with Crippen LogP contribution in [0, 0.1) is 0 Å². The maximum Gasteiger partial charge on any atom is 0.253 e. The van der Waals surface area contributed by atoms with E-state index in [9.17, 15) is 9.59 Å². The molecule has 0 unspecified atom stereocenters. The quantitative estimate of drug-likeness (QED) is 0.728. The molecule has 30 heavy (non-hydrogen) atoms. The number of carbonyl (C=O) groups excluding carboxylic acids is 1. The van der Waals surface area contributed by atoms with E-state index in [1.54, 1.807) is 23.4 Å². The van der Waals surface area contributed by atoms with Crippen LogP contribution in [-0.2, 0) is 24.2 Å². The van der Waals surface area contributed by atoms with Crippen LogP contribution in [0.3, 0.4) is 0 Å². The van der Waals surface area contributed by atoms with Crippen molar-refractivity contribution in [1.29, 1.82) is 0 Å². The Morgan fingerprint density at radius 2 is 2.03 bits per heavy atom. The summed E-state index contributed by atoms with van der Waals surface area (Å²) in [5.41, 5.74) is 2.18. The molecule has 160 valence electrons. The minimum Gasteiger partial charge on any atom is -0.344 e. The van der Waals surface area contributed by atoms with Gasteiger partial charge in [-0.25, -0.2) is 4.98 Å². The zero-order valence-corrected chi connectivity index (χ0v) is 17.8. The summed E-state index contributed by atoms with van der Waals surface area (Å²) >= 11 is 0. The molecule has 0 aromatic carbocycles. The molecule has 1 amide bonds. The van der Waals surface area contributed by atoms with E-state index in [0.717, 1.165) is 69.7 Å². The first-order valence-corrected chi connectivity index (χ1v) is 11.1. The van der Waals surface area contributed by atoms with E-state index in [1.807, 2.05) is 23.7 Å². The molecule has 7 nitrogen and oxygen atoms in total. The van der Waals surface area contributed by atoms with E-state index in [1.165, 1.54) is 5.56 Å². The number of aromatic nitrogens is 3. The van der Waals surface area contributed by atoms with Gasteiger partial charge in [0.25, 0.3) is 5.56 Å². The summed E-state index contributed by atoms with van der Waals surface area (Å²) < 4.78 is 1.85. The molecule has 1 fully saturated rings. The molecular weight excluding hydrogens is 378 g/mol. The van der Waals surface area contributed by atoms with Gasteiger partial charge in [0.1, 0.15) is 5.82 Å². The monoisotopic (exact) mass is 409 g/mol. The first-order valence-electron chi connectivity index (χ1n) is 11.1. The molecule has 2 aliphatic rings. The van der Waals surface area contributed by atoms with Gasteiger partial charge >= 0.3 is 0 Å². The number of hydrogen-bond donors (Lipinski definition) is 0. The van der Waals surface area contributed by atoms with Gasteiger partial charge in [0.05, 0.1) is 12.2 Å². The van der Waals surface area contributed by atoms with Crippen molar-refractivity contribution >= 4 is 5.91 Å². The van der Waals surface area contributed by atoms with E-state index in [2.05, 4.69) is 9.88 Å². The van der Waals surface area contributed by atoms with Crippen LogP contribution >= 0.6 is 0 Å². The molecule has 2 aromatic rings. The van der Waals surface area contributed by atoms with Crippen molar-refractivity contribution in [1.82, 2.24) is 24.3 Å². The van der Waals surface area contributed by atoms with Gasteiger partial charge in [-0.2, -0.15) is 0 Å². The highest BCUT2D eigenvalue weighted by Crippen LogP contribution is 2.26. The molecule has 1 saturated heterocycles. The smallest absolute Gasteiger partial charge is 0.253 e. The molecular formula is C23H31N5O2. The first kappa shape index (κ1) is 20.7. The summed E-state index contributed by atoms with van der Waals surface area (Å²) in [7, 11) is 1.87. The lowest BCUT2D eigenvalue weighted by Gasteiger charge is -2.22. The summed E-state index contributed by atoms with van der Waals surface area (Å²) in [6.07, 6.45) is 9.55. The number of carbonyl (C=O) groups is 1. The Morgan fingerprint density at radius 1 is 1.20 bits per heavy atom. The van der Waals surface area contributed by atoms with Gasteiger partial charge in [-0.15, -0.1) is 0 Å². The number of pyridine rings is 1. The lowest BCUT2D eigenvalue weighted by molar-refractivity contribution is -0.130. The van der Waals surface area contributed by atoms with Gasteiger partial charge < -0.3 is 4.90 Å². The lowest BCUT2D eigenvalue weighted by Crippen LogP contribution is -2.38. The van der Waals surface area contributed by atoms with Crippen LogP contribution in [0.4, 0.5) is 0 Å². The van der Waals surface area contributed by atoms with Crippen LogP contribution in [0.15, 0.2) is 35.4 Å². The number of hydrogen-bond acceptors (Lipinski definition) is 5. The number of amides is 1. The normalized spacial score (nSPS) is 19.3. The number of fused-ring (bicyclic) bond motifs is 1. The predicted molar refractivity (Wildman–Crippen MR) is 115 cm³/mol. The topological polar surface area (TPSA) is 71.3 Å². The van der Waals surface area contributed by atoms with Crippen molar-refractivity contribution in [3.63, 3.8) is 0 Å². The van der Waals surface area contributed by atoms with Gasteiger partial charge in [-0.1, -0.05) is 6.42 Å². The highest BCUT2D eigenvalue weighted by atomic mass is 16.2. The maximum atomic E-state index is 12.7. The largest absolute Gasteiger partial charge is 0.344 e. The number of aryl methyl sites for hydroxylation is 1. The molecule has 7 heteroatoms. The van der Waals surface area contributed by atoms with E-state index in [4.69, 9.17) is 4.98 Å². The second kappa shape index (κ2) is 9.51. The summed E-state index contributed by atoms with van der Waals surface area (Å²) in [4.78, 5) is 38.1. The molecule has 2 aromatic heterocycles. The molecule has 2 aliphatic heterocycles. The standard InChI is InChI=1S/C23H31N5O2/c1-26(13-8-18-6-10-24-11-7-18)23(30)17-27-14-9-19(16-27)20-15-22(29)28-12-4-2-3-5-21(28)25-20/h6-7,10-11,15,19H,2-5,8-9,12-14,16-17H2,1H3/t19-/m1/s1. The molecule has 4 heterocycles. The Morgan fingerprint density at radius 3 is 2.87 bits per heavy atom. The number of rotatable bonds is 6. The maximum absolute atomic E-state index is 12.7. The first-order chi connectivity index (χ1) is 14.6. The van der Waals surface area contributed by atoms with Gasteiger partial charge in [-0.3, -0.25) is 24.0 Å². The highest BCUT2D eigenvalue weighted by molar-refractivity contribution is 5.78. The van der Waals surface area contributed by atoms with Crippen LogP contribution in [-0.4, -0.2) is 63.5 Å². The minimum atomic E-state index is 0.0854. The summed E-state index contributed by atoms with van der Waals surface area (Å²) in [5.74, 6) is 1.32. The number of likely N-dealkylation sites (tertiary alicyclic amines) is 1. The van der Waals surface area contributed by atoms with Crippen LogP contribution in [0.2, 0.25) is 0 Å². The molecule has 0 aliphatic carbocycles. The summed E-state index contributed by atoms with van der Waals surface area (Å²) in [5, 5.41) is 0. The van der Waals surface area contributed by atoms with Gasteiger partial charge in [0, 0.05) is 57.5 Å². The molecule has 0 spiro atoms. The van der Waals surface area contributed by atoms with Crippen LogP contribution in [0.1, 0.15) is 48.7 Å². The Kier molecular flexibility index (Phi) is 6.57. The zero-order chi connectivity index (χ0) is 20.9. The van der Waals surface area contributed by atoms with Crippen molar-refractivity contribution in [2.75, 3.05) is 33.2 Å². The Balaban J connectivity index is 1.32. The van der Waals surface area contributed by atoms with E-state index < -0.39 is 0 Å². The van der Waals surface area contributed by atoms with Crippen LogP contribution in [0.25, 0.3) is 0 Å². The fourth-order valence-corrected chi connectivity index (χ4v) is 4.44. The van der Waals surface area contributed by atoms with Gasteiger partial charge in [-0.05, 0) is 49.9 Å². The second-order valence-electron chi connectivity index (χ2n) is 8.54. The summed E-state index contributed by atoms with van der Waals surface area (Å²) in [6.45, 7) is 3.57. The fourth-order valence-electron chi connectivity index (χ4n) is 4.44. The third-order valence-corrected chi connectivity index (χ3v) is 6.35. The third kappa shape index (κ3) is 4.95. The Bertz CT molecular complexity index is 927. The predicted octanol–water partition coefficient (Wildman–Crippen LogP) is 1.86. The number of nitrogens with zero attached hydrogens (tertiary/aromatic N) is 5. The average Bonchev–Trinajstić information content (AvgIpc) is 3.08. The second-order valence-corrected chi connectivity index (χ2v) is 8.54. The van der Waals surface area contributed by atoms with Gasteiger partial charge in [0.15, 0.2) is 0 Å². The number of likely N-dealkylation sites (N-methyl/N-ethyl adjacent to an activating group) is 1. The molecule has 4 rings (SSSR count). The summed E-state index contributed by atoms with van der Waals surface area (Å²) in [6, 6.07) is 5.70. The highest BCUT2D eigenvalue weighted by Gasteiger charge is 2.28. The third-order valence-electron chi connectivity index (χ3n) is 6.35. The van der Waals surface area contributed by atoms with Crippen molar-refractivity contribution in [2.24, 2.45) is 0 Å². The zero-order valence-electron chi connectivity index (χ0n) is 17.8. The molecule has 1 atom stereocenters. The lowest BCUT2D eigenvalue weighted by atomic mass is 10.0. The molecule has 0 N–H and O–H groups in total. The minimum absolute atomic E-state index is 0.0854. The SMILES string of the molecule is CN(CCc1ccncc1)C(=O)CN1CC[C@@H](c2cc(=O)n3c(n2)CCCCC3)C1. The Hall–Kier alpha value is -2.54. The van der Waals surface area contributed by atoms with Crippen molar-refractivity contribution < 1.29 is 4.79 Å². The molecule has 0 radical (unpaired) electrons. The fraction of sp³-hybridized carbons (Fsp3) is 0.565.